The van der Waals surface area contributed by atoms with Crippen molar-refractivity contribution < 1.29 is 23.4 Å². The first kappa shape index (κ1) is 16.7. The van der Waals surface area contributed by atoms with E-state index in [4.69, 9.17) is 14.2 Å². The molecule has 0 unspecified atom stereocenters. The van der Waals surface area contributed by atoms with Gasteiger partial charge in [0.1, 0.15) is 5.56 Å². The summed E-state index contributed by atoms with van der Waals surface area (Å²) in [7, 11) is 1.25. The number of nitrogens with zero attached hydrogens (tertiary/aromatic N) is 2. The molecule has 2 aromatic heterocycles. The Bertz CT molecular complexity index is 751. The van der Waals surface area contributed by atoms with E-state index >= 15 is 0 Å². The van der Waals surface area contributed by atoms with Gasteiger partial charge < -0.3 is 18.6 Å². The number of hydrogen-bond donors (Lipinski definition) is 0. The third kappa shape index (κ3) is 3.08. The maximum Gasteiger partial charge on any atom is 0.343 e. The van der Waals surface area contributed by atoms with Gasteiger partial charge in [0.2, 0.25) is 5.82 Å². The van der Waals surface area contributed by atoms with Gasteiger partial charge in [-0.25, -0.2) is 9.78 Å². The summed E-state index contributed by atoms with van der Waals surface area (Å²) in [6.45, 7) is 4.89. The van der Waals surface area contributed by atoms with Crippen LogP contribution < -0.4 is 4.74 Å². The molecular formula is C17H21FN2O4. The van der Waals surface area contributed by atoms with Crippen molar-refractivity contribution in [2.45, 2.75) is 38.7 Å². The van der Waals surface area contributed by atoms with Crippen molar-refractivity contribution in [1.82, 2.24) is 9.38 Å². The number of rotatable bonds is 4. The van der Waals surface area contributed by atoms with Gasteiger partial charge in [-0.2, -0.15) is 4.39 Å². The zero-order valence-electron chi connectivity index (χ0n) is 14.0. The lowest BCUT2D eigenvalue weighted by molar-refractivity contribution is 0.0592. The fraction of sp³-hybridized carbons (Fsp3) is 0.529. The van der Waals surface area contributed by atoms with Crippen LogP contribution in [0.15, 0.2) is 12.4 Å². The lowest BCUT2D eigenvalue weighted by Crippen LogP contribution is -2.14. The van der Waals surface area contributed by atoms with Gasteiger partial charge in [-0.15, -0.1) is 0 Å². The van der Waals surface area contributed by atoms with Gasteiger partial charge in [0.25, 0.3) is 0 Å². The third-order valence-electron chi connectivity index (χ3n) is 4.06. The Hall–Kier alpha value is -2.15. The first-order valence-electron chi connectivity index (χ1n) is 8.05. The molecule has 0 bridgehead atoms. The van der Waals surface area contributed by atoms with E-state index in [0.717, 1.165) is 18.5 Å². The van der Waals surface area contributed by atoms with E-state index in [-0.39, 0.29) is 29.0 Å². The maximum atomic E-state index is 14.9. The van der Waals surface area contributed by atoms with Crippen molar-refractivity contribution in [2.24, 2.45) is 0 Å². The highest BCUT2D eigenvalue weighted by molar-refractivity contribution is 5.92. The molecule has 0 N–H and O–H groups in total. The second kappa shape index (κ2) is 6.76. The summed E-state index contributed by atoms with van der Waals surface area (Å²) in [5, 5.41) is 0. The van der Waals surface area contributed by atoms with Crippen LogP contribution in [-0.4, -0.2) is 41.8 Å². The Morgan fingerprint density at radius 1 is 1.38 bits per heavy atom. The predicted octanol–water partition coefficient (Wildman–Crippen LogP) is 2.94. The Morgan fingerprint density at radius 3 is 2.71 bits per heavy atom. The molecule has 130 valence electrons. The van der Waals surface area contributed by atoms with Gasteiger partial charge in [-0.3, -0.25) is 0 Å². The van der Waals surface area contributed by atoms with Crippen molar-refractivity contribution in [3.8, 4) is 5.75 Å². The van der Waals surface area contributed by atoms with Gasteiger partial charge >= 0.3 is 5.97 Å². The Labute approximate surface area is 139 Å². The molecule has 2 aromatic rings. The molecule has 24 heavy (non-hydrogen) atoms. The zero-order chi connectivity index (χ0) is 17.3. The molecule has 1 aliphatic rings. The molecule has 0 saturated carbocycles. The van der Waals surface area contributed by atoms with Crippen molar-refractivity contribution >= 4 is 11.6 Å². The summed E-state index contributed by atoms with van der Waals surface area (Å²) in [6.07, 6.45) is 4.70. The zero-order valence-corrected chi connectivity index (χ0v) is 14.0. The normalized spacial score (nSPS) is 15.9. The number of halogens is 1. The van der Waals surface area contributed by atoms with Crippen LogP contribution in [0.3, 0.4) is 0 Å². The van der Waals surface area contributed by atoms with Crippen LogP contribution in [0.4, 0.5) is 4.39 Å². The number of aromatic nitrogens is 2. The van der Waals surface area contributed by atoms with Gasteiger partial charge in [0.05, 0.1) is 18.9 Å². The molecule has 0 radical (unpaired) electrons. The van der Waals surface area contributed by atoms with Crippen LogP contribution in [-0.2, 0) is 9.47 Å². The third-order valence-corrected chi connectivity index (χ3v) is 4.06. The highest BCUT2D eigenvalue weighted by atomic mass is 19.1. The summed E-state index contributed by atoms with van der Waals surface area (Å²) >= 11 is 0. The van der Waals surface area contributed by atoms with E-state index in [1.165, 1.54) is 17.7 Å². The lowest BCUT2D eigenvalue weighted by Gasteiger charge is -2.19. The minimum Gasteiger partial charge on any atom is -0.487 e. The second-order valence-corrected chi connectivity index (χ2v) is 6.13. The Balaban J connectivity index is 2.10. The number of carbonyl (C=O) groups excluding carboxylic acids is 1. The highest BCUT2D eigenvalue weighted by Crippen LogP contribution is 2.31. The first-order chi connectivity index (χ1) is 11.5. The molecule has 3 rings (SSSR count). The number of fused-ring (bicyclic) bond motifs is 1. The monoisotopic (exact) mass is 336 g/mol. The number of carbonyl (C=O) groups is 1. The summed E-state index contributed by atoms with van der Waals surface area (Å²) in [5.74, 6) is -1.18. The molecule has 0 amide bonds. The molecule has 3 heterocycles. The van der Waals surface area contributed by atoms with Crippen molar-refractivity contribution in [1.29, 1.82) is 0 Å². The van der Waals surface area contributed by atoms with Gasteiger partial charge in [0, 0.05) is 31.5 Å². The summed E-state index contributed by atoms with van der Waals surface area (Å²) < 4.78 is 32.1. The Kier molecular flexibility index (Phi) is 4.71. The fourth-order valence-electron chi connectivity index (χ4n) is 2.89. The van der Waals surface area contributed by atoms with E-state index in [9.17, 15) is 9.18 Å². The predicted molar refractivity (Wildman–Crippen MR) is 85.0 cm³/mol. The van der Waals surface area contributed by atoms with Crippen LogP contribution in [0, 0.1) is 5.82 Å². The number of ether oxygens (including phenoxy) is 3. The molecule has 1 fully saturated rings. The van der Waals surface area contributed by atoms with Crippen LogP contribution in [0.2, 0.25) is 0 Å². The average molecular weight is 336 g/mol. The van der Waals surface area contributed by atoms with Gasteiger partial charge in [-0.1, -0.05) is 0 Å². The number of pyridine rings is 1. The summed E-state index contributed by atoms with van der Waals surface area (Å²) in [5.41, 5.74) is 1.00. The second-order valence-electron chi connectivity index (χ2n) is 6.13. The van der Waals surface area contributed by atoms with Gasteiger partial charge in [0.15, 0.2) is 11.4 Å². The highest BCUT2D eigenvalue weighted by Gasteiger charge is 2.25. The average Bonchev–Trinajstić information content (AvgIpc) is 3.01. The van der Waals surface area contributed by atoms with E-state index in [2.05, 4.69) is 4.98 Å². The molecule has 6 nitrogen and oxygen atoms in total. The van der Waals surface area contributed by atoms with Crippen molar-refractivity contribution in [3.63, 3.8) is 0 Å². The van der Waals surface area contributed by atoms with Gasteiger partial charge in [-0.05, 0) is 26.7 Å². The molecule has 0 atom stereocenters. The Morgan fingerprint density at radius 2 is 2.08 bits per heavy atom. The molecule has 1 saturated heterocycles. The molecule has 0 aliphatic carbocycles. The number of hydrogen-bond acceptors (Lipinski definition) is 5. The molecule has 0 spiro atoms. The van der Waals surface area contributed by atoms with E-state index in [1.54, 1.807) is 20.0 Å². The van der Waals surface area contributed by atoms with E-state index in [0.29, 0.717) is 13.2 Å². The van der Waals surface area contributed by atoms with E-state index in [1.807, 2.05) is 0 Å². The minimum absolute atomic E-state index is 0.0483. The topological polar surface area (TPSA) is 62.1 Å². The van der Waals surface area contributed by atoms with Crippen LogP contribution >= 0.6 is 0 Å². The quantitative estimate of drug-likeness (QED) is 0.803. The van der Waals surface area contributed by atoms with E-state index < -0.39 is 11.8 Å². The molecule has 1 aliphatic heterocycles. The molecule has 0 aromatic carbocycles. The van der Waals surface area contributed by atoms with Crippen LogP contribution in [0.1, 0.15) is 48.7 Å². The lowest BCUT2D eigenvalue weighted by atomic mass is 9.97. The van der Waals surface area contributed by atoms with Crippen molar-refractivity contribution in [2.75, 3.05) is 20.3 Å². The van der Waals surface area contributed by atoms with Crippen LogP contribution in [0.25, 0.3) is 5.65 Å². The number of imidazole rings is 1. The number of methoxy groups -OCH3 is 1. The summed E-state index contributed by atoms with van der Waals surface area (Å²) in [6, 6.07) is 0. The maximum absolute atomic E-state index is 14.9. The largest absolute Gasteiger partial charge is 0.487 e. The minimum atomic E-state index is -0.648. The number of esters is 1. The van der Waals surface area contributed by atoms with Crippen molar-refractivity contribution in [3.05, 3.63) is 29.5 Å². The molecular weight excluding hydrogens is 315 g/mol. The molecule has 7 heteroatoms. The smallest absolute Gasteiger partial charge is 0.343 e. The SMILES string of the molecule is COC(=O)c1cn2cc(C3CCOCC3)nc2c(F)c1OC(C)C. The van der Waals surface area contributed by atoms with Crippen LogP contribution in [0.5, 0.6) is 5.75 Å². The first-order valence-corrected chi connectivity index (χ1v) is 8.05. The fourth-order valence-corrected chi connectivity index (χ4v) is 2.89. The summed E-state index contributed by atoms with van der Waals surface area (Å²) in [4.78, 5) is 16.4. The standard InChI is InChI=1S/C17H21FN2O4/c1-10(2)24-15-12(17(21)22-3)8-20-9-13(19-16(20)14(15)18)11-4-6-23-7-5-11/h8-11H,4-7H2,1-3H3.